The van der Waals surface area contributed by atoms with Gasteiger partial charge in [-0.3, -0.25) is 4.79 Å². The zero-order valence-electron chi connectivity index (χ0n) is 14.3. The second-order valence-corrected chi connectivity index (χ2v) is 7.18. The second kappa shape index (κ2) is 15.4. The van der Waals surface area contributed by atoms with Crippen LogP contribution in [0.2, 0.25) is 0 Å². The summed E-state index contributed by atoms with van der Waals surface area (Å²) in [5, 5.41) is 24.7. The maximum absolute atomic E-state index is 11.6. The summed E-state index contributed by atoms with van der Waals surface area (Å²) in [4.78, 5) is 11.6. The van der Waals surface area contributed by atoms with Crippen LogP contribution in [0.1, 0.15) is 11.1 Å². The molecule has 0 heterocycles. The van der Waals surface area contributed by atoms with E-state index in [-0.39, 0.29) is 37.2 Å². The lowest BCUT2D eigenvalue weighted by Gasteiger charge is -2.03. The molecule has 0 saturated heterocycles. The number of hydrogen-bond acceptors (Lipinski definition) is 4. The highest BCUT2D eigenvalue weighted by Crippen LogP contribution is 2.29. The highest BCUT2D eigenvalue weighted by Gasteiger charge is 1.99. The first kappa shape index (κ1) is 24.2. The van der Waals surface area contributed by atoms with Crippen molar-refractivity contribution < 1.29 is 20.1 Å². The number of rotatable bonds is 7. The number of aliphatic hydroxyl groups is 3. The van der Waals surface area contributed by atoms with E-state index in [0.29, 0.717) is 0 Å². The number of aliphatic hydroxyl groups excluding tert-OH is 3. The van der Waals surface area contributed by atoms with Crippen LogP contribution in [0.15, 0.2) is 72.8 Å². The summed E-state index contributed by atoms with van der Waals surface area (Å²) in [5.74, 6) is -0.0114. The number of hydrogen-bond donors (Lipinski definition) is 3. The van der Waals surface area contributed by atoms with Gasteiger partial charge >= 0.3 is 0 Å². The van der Waals surface area contributed by atoms with Crippen LogP contribution in [0, 0.1) is 0 Å². The van der Waals surface area contributed by atoms with Gasteiger partial charge in [0.1, 0.15) is 0 Å². The van der Waals surface area contributed by atoms with Crippen molar-refractivity contribution in [1.29, 1.82) is 0 Å². The molecule has 0 saturated carbocycles. The topological polar surface area (TPSA) is 77.8 Å². The summed E-state index contributed by atoms with van der Waals surface area (Å²) in [6.45, 7) is 0. The molecule has 0 radical (unpaired) electrons. The third kappa shape index (κ3) is 10.9. The predicted octanol–water partition coefficient (Wildman–Crippen LogP) is 3.72. The van der Waals surface area contributed by atoms with Crippen LogP contribution in [0.5, 0.6) is 0 Å². The highest BCUT2D eigenvalue weighted by molar-refractivity contribution is 7.56. The van der Waals surface area contributed by atoms with E-state index >= 15 is 0 Å². The van der Waals surface area contributed by atoms with Crippen LogP contribution in [0.25, 0.3) is 12.2 Å². The van der Waals surface area contributed by atoms with Crippen LogP contribution >= 0.6 is 20.3 Å². The van der Waals surface area contributed by atoms with E-state index < -0.39 is 7.92 Å². The van der Waals surface area contributed by atoms with Gasteiger partial charge in [-0.2, -0.15) is 0 Å². The molecule has 0 aliphatic rings. The molecule has 140 valence electrons. The fourth-order valence-corrected chi connectivity index (χ4v) is 1.94. The number of benzene rings is 2. The first-order valence-corrected chi connectivity index (χ1v) is 9.64. The Hall–Kier alpha value is -1.81. The Kier molecular flexibility index (Phi) is 14.4. The lowest BCUT2D eigenvalue weighted by molar-refractivity contribution is -0.110. The molecule has 0 unspecified atom stereocenters. The first-order chi connectivity index (χ1) is 12.2. The summed E-state index contributed by atoms with van der Waals surface area (Å²) >= 11 is 0. The van der Waals surface area contributed by atoms with Crippen LogP contribution in [0.3, 0.4) is 0 Å². The predicted molar refractivity (Wildman–Crippen MR) is 111 cm³/mol. The van der Waals surface area contributed by atoms with Crippen molar-refractivity contribution >= 4 is 38.3 Å². The Morgan fingerprint density at radius 1 is 0.731 bits per heavy atom. The quantitative estimate of drug-likeness (QED) is 0.494. The Morgan fingerprint density at radius 2 is 1.08 bits per heavy atom. The molecule has 0 aliphatic carbocycles. The van der Waals surface area contributed by atoms with E-state index in [2.05, 4.69) is 0 Å². The molecule has 2 rings (SSSR count). The van der Waals surface area contributed by atoms with E-state index in [0.717, 1.165) is 11.1 Å². The Morgan fingerprint density at radius 3 is 1.35 bits per heavy atom. The monoisotopic (exact) mass is 394 g/mol. The molecule has 0 bridgehead atoms. The number of carbonyl (C=O) groups excluding carboxylic acids is 1. The van der Waals surface area contributed by atoms with Crippen molar-refractivity contribution in [2.45, 2.75) is 0 Å². The van der Waals surface area contributed by atoms with E-state index in [1.807, 2.05) is 72.8 Å². The molecule has 0 aromatic heterocycles. The molecule has 26 heavy (non-hydrogen) atoms. The molecule has 2 aromatic rings. The van der Waals surface area contributed by atoms with Gasteiger partial charge in [0, 0.05) is 0 Å². The smallest absolute Gasteiger partial charge is 0.178 e. The highest BCUT2D eigenvalue weighted by atomic mass is 35.5. The van der Waals surface area contributed by atoms with Crippen molar-refractivity contribution in [2.75, 3.05) is 19.0 Å². The lowest BCUT2D eigenvalue weighted by Crippen LogP contribution is -1.91. The molecule has 2 aromatic carbocycles. The average molecular weight is 395 g/mol. The summed E-state index contributed by atoms with van der Waals surface area (Å²) in [7, 11) is -0.887. The molecule has 4 nitrogen and oxygen atoms in total. The fraction of sp³-hybridized carbons (Fsp3) is 0.150. The maximum atomic E-state index is 11.6. The lowest BCUT2D eigenvalue weighted by atomic mass is 10.1. The average Bonchev–Trinajstić information content (AvgIpc) is 2.68. The molecule has 0 spiro atoms. The Bertz CT molecular complexity index is 599. The van der Waals surface area contributed by atoms with Gasteiger partial charge in [-0.05, 0) is 31.2 Å². The minimum Gasteiger partial charge on any atom is -0.392 e. The van der Waals surface area contributed by atoms with E-state index in [9.17, 15) is 4.79 Å². The van der Waals surface area contributed by atoms with Gasteiger partial charge in [-0.25, -0.2) is 0 Å². The van der Waals surface area contributed by atoms with Crippen molar-refractivity contribution in [3.8, 4) is 0 Å². The summed E-state index contributed by atoms with van der Waals surface area (Å²) < 4.78 is 0. The Balaban J connectivity index is 0.000000673. The number of carbonyl (C=O) groups is 1. The minimum absolute atomic E-state index is 0. The normalized spacial score (nSPS) is 10.5. The van der Waals surface area contributed by atoms with Gasteiger partial charge in [0.2, 0.25) is 0 Å². The van der Waals surface area contributed by atoms with E-state index in [4.69, 9.17) is 15.3 Å². The van der Waals surface area contributed by atoms with Gasteiger partial charge in [0.15, 0.2) is 5.78 Å². The number of allylic oxidation sites excluding steroid dienone is 2. The van der Waals surface area contributed by atoms with Gasteiger partial charge in [-0.1, -0.05) is 72.8 Å². The number of ketones is 1. The summed E-state index contributed by atoms with van der Waals surface area (Å²) in [6.07, 6.45) is 6.55. The minimum atomic E-state index is -0.887. The molecule has 0 aliphatic heterocycles. The van der Waals surface area contributed by atoms with Gasteiger partial charge in [0.25, 0.3) is 0 Å². The van der Waals surface area contributed by atoms with Crippen LogP contribution < -0.4 is 0 Å². The standard InChI is InChI=1S/C17H14O.C3H9O3P.ClH/c18-17(13-11-15-7-3-1-4-8-15)14-12-16-9-5-2-6-10-16;4-1-7(2-5)3-6;/h1-14H;4-6H,1-3H2;1H. The zero-order valence-corrected chi connectivity index (χ0v) is 16.0. The molecule has 3 N–H and O–H groups in total. The van der Waals surface area contributed by atoms with Gasteiger partial charge in [0.05, 0.1) is 19.0 Å². The third-order valence-electron chi connectivity index (χ3n) is 3.08. The molecule has 6 heteroatoms. The first-order valence-electron chi connectivity index (χ1n) is 7.74. The summed E-state index contributed by atoms with van der Waals surface area (Å²) in [6, 6.07) is 19.6. The fourth-order valence-electron chi connectivity index (χ4n) is 1.67. The van der Waals surface area contributed by atoms with Gasteiger partial charge in [-0.15, -0.1) is 12.4 Å². The van der Waals surface area contributed by atoms with E-state index in [1.54, 1.807) is 12.2 Å². The number of halogens is 1. The molecular formula is C20H24ClO4P. The summed E-state index contributed by atoms with van der Waals surface area (Å²) in [5.41, 5.74) is 2.05. The SMILES string of the molecule is Cl.O=C(C=Cc1ccccc1)C=Cc1ccccc1.OCP(CO)CO. The van der Waals surface area contributed by atoms with E-state index in [1.165, 1.54) is 0 Å². The molecule has 0 atom stereocenters. The van der Waals surface area contributed by atoms with Crippen LogP contribution in [0.4, 0.5) is 0 Å². The van der Waals surface area contributed by atoms with Crippen LogP contribution in [-0.4, -0.2) is 40.1 Å². The maximum Gasteiger partial charge on any atom is 0.178 e. The molecule has 0 fully saturated rings. The molecular weight excluding hydrogens is 371 g/mol. The zero-order chi connectivity index (χ0) is 18.3. The van der Waals surface area contributed by atoms with Crippen LogP contribution in [-0.2, 0) is 4.79 Å². The molecule has 0 amide bonds. The van der Waals surface area contributed by atoms with Gasteiger partial charge < -0.3 is 15.3 Å². The third-order valence-corrected chi connectivity index (χ3v) is 4.28. The van der Waals surface area contributed by atoms with Crippen molar-refractivity contribution in [2.24, 2.45) is 0 Å². The van der Waals surface area contributed by atoms with Crippen molar-refractivity contribution in [3.05, 3.63) is 83.9 Å². The van der Waals surface area contributed by atoms with Crippen molar-refractivity contribution in [1.82, 2.24) is 0 Å². The second-order valence-electron chi connectivity index (χ2n) is 4.99. The largest absolute Gasteiger partial charge is 0.392 e. The Labute approximate surface area is 161 Å². The van der Waals surface area contributed by atoms with Crippen molar-refractivity contribution in [3.63, 3.8) is 0 Å².